The lowest BCUT2D eigenvalue weighted by Gasteiger charge is -1.99. The van der Waals surface area contributed by atoms with Crippen molar-refractivity contribution in [2.75, 3.05) is 7.05 Å². The smallest absolute Gasteiger partial charge is 0.141 e. The molecule has 0 spiro atoms. The van der Waals surface area contributed by atoms with Crippen molar-refractivity contribution in [2.24, 2.45) is 0 Å². The molecule has 0 fully saturated rings. The van der Waals surface area contributed by atoms with Crippen molar-refractivity contribution < 1.29 is 4.39 Å². The van der Waals surface area contributed by atoms with Crippen LogP contribution in [0.5, 0.6) is 0 Å². The van der Waals surface area contributed by atoms with Crippen molar-refractivity contribution in [1.29, 1.82) is 5.26 Å². The number of hydrogen-bond acceptors (Lipinski definition) is 2. The van der Waals surface area contributed by atoms with Crippen LogP contribution in [0.4, 0.5) is 4.39 Å². The van der Waals surface area contributed by atoms with Gasteiger partial charge in [-0.3, -0.25) is 0 Å². The van der Waals surface area contributed by atoms with Crippen LogP contribution in [0.2, 0.25) is 0 Å². The third-order valence-corrected chi connectivity index (χ3v) is 1.53. The van der Waals surface area contributed by atoms with E-state index in [1.54, 1.807) is 19.2 Å². The summed E-state index contributed by atoms with van der Waals surface area (Å²) in [6.45, 7) is 0.614. The summed E-state index contributed by atoms with van der Waals surface area (Å²) < 4.78 is 12.9. The molecule has 0 heterocycles. The van der Waals surface area contributed by atoms with E-state index in [9.17, 15) is 4.39 Å². The molecule has 0 atom stereocenters. The molecular formula is C9H9FN2. The van der Waals surface area contributed by atoms with Gasteiger partial charge in [0.2, 0.25) is 0 Å². The Morgan fingerprint density at radius 1 is 1.58 bits per heavy atom. The summed E-state index contributed by atoms with van der Waals surface area (Å²) in [6, 6.07) is 6.36. The maximum atomic E-state index is 12.9. The fourth-order valence-electron chi connectivity index (χ4n) is 0.963. The van der Waals surface area contributed by atoms with E-state index in [-0.39, 0.29) is 5.56 Å². The topological polar surface area (TPSA) is 35.8 Å². The second kappa shape index (κ2) is 3.84. The van der Waals surface area contributed by atoms with Crippen LogP contribution >= 0.6 is 0 Å². The molecule has 12 heavy (non-hydrogen) atoms. The van der Waals surface area contributed by atoms with Gasteiger partial charge in [0.15, 0.2) is 0 Å². The molecule has 0 saturated carbocycles. The van der Waals surface area contributed by atoms with Crippen LogP contribution in [0.15, 0.2) is 18.2 Å². The van der Waals surface area contributed by atoms with Crippen LogP contribution in [-0.2, 0) is 6.54 Å². The van der Waals surface area contributed by atoms with E-state index in [1.807, 2.05) is 0 Å². The molecule has 0 radical (unpaired) electrons. The zero-order valence-corrected chi connectivity index (χ0v) is 6.76. The normalized spacial score (nSPS) is 9.42. The molecule has 0 amide bonds. The number of nitrogens with one attached hydrogen (secondary N) is 1. The summed E-state index contributed by atoms with van der Waals surface area (Å²) in [6.07, 6.45) is 0. The van der Waals surface area contributed by atoms with E-state index in [2.05, 4.69) is 5.32 Å². The van der Waals surface area contributed by atoms with Crippen molar-refractivity contribution in [1.82, 2.24) is 5.32 Å². The fourth-order valence-corrected chi connectivity index (χ4v) is 0.963. The molecule has 3 heteroatoms. The fraction of sp³-hybridized carbons (Fsp3) is 0.222. The van der Waals surface area contributed by atoms with Crippen LogP contribution in [0, 0.1) is 17.1 Å². The van der Waals surface area contributed by atoms with Crippen molar-refractivity contribution >= 4 is 0 Å². The highest BCUT2D eigenvalue weighted by Gasteiger charge is 2.00. The van der Waals surface area contributed by atoms with Crippen molar-refractivity contribution in [3.8, 4) is 6.07 Å². The van der Waals surface area contributed by atoms with Gasteiger partial charge in [-0.05, 0) is 24.7 Å². The second-order valence-electron chi connectivity index (χ2n) is 2.46. The highest BCUT2D eigenvalue weighted by atomic mass is 19.1. The van der Waals surface area contributed by atoms with Gasteiger partial charge in [-0.15, -0.1) is 0 Å². The molecule has 1 rings (SSSR count). The van der Waals surface area contributed by atoms with Gasteiger partial charge in [0.25, 0.3) is 0 Å². The third kappa shape index (κ3) is 1.80. The van der Waals surface area contributed by atoms with Gasteiger partial charge < -0.3 is 5.32 Å². The van der Waals surface area contributed by atoms with Crippen molar-refractivity contribution in [3.05, 3.63) is 35.1 Å². The number of halogens is 1. The molecule has 0 saturated heterocycles. The van der Waals surface area contributed by atoms with Gasteiger partial charge in [-0.2, -0.15) is 5.26 Å². The molecule has 62 valence electrons. The third-order valence-electron chi connectivity index (χ3n) is 1.53. The van der Waals surface area contributed by atoms with Crippen LogP contribution < -0.4 is 5.32 Å². The number of nitrogens with zero attached hydrogens (tertiary/aromatic N) is 1. The Bertz CT molecular complexity index is 315. The zero-order chi connectivity index (χ0) is 8.97. The van der Waals surface area contributed by atoms with Gasteiger partial charge in [-0.1, -0.05) is 6.07 Å². The van der Waals surface area contributed by atoms with Crippen LogP contribution in [-0.4, -0.2) is 7.05 Å². The lowest BCUT2D eigenvalue weighted by molar-refractivity contribution is 0.620. The first-order chi connectivity index (χ1) is 5.77. The minimum absolute atomic E-state index is 0.0925. The Morgan fingerprint density at radius 3 is 2.83 bits per heavy atom. The Balaban J connectivity index is 2.96. The summed E-state index contributed by atoms with van der Waals surface area (Å²) >= 11 is 0. The van der Waals surface area contributed by atoms with E-state index < -0.39 is 5.82 Å². The maximum absolute atomic E-state index is 12.9. The highest BCUT2D eigenvalue weighted by molar-refractivity contribution is 5.33. The minimum Gasteiger partial charge on any atom is -0.316 e. The predicted molar refractivity (Wildman–Crippen MR) is 43.9 cm³/mol. The SMILES string of the molecule is CNCc1ccc(C#N)c(F)c1. The molecule has 2 nitrogen and oxygen atoms in total. The Hall–Kier alpha value is -1.40. The van der Waals surface area contributed by atoms with Crippen LogP contribution in [0.25, 0.3) is 0 Å². The summed E-state index contributed by atoms with van der Waals surface area (Å²) in [7, 11) is 1.79. The number of hydrogen-bond donors (Lipinski definition) is 1. The van der Waals surface area contributed by atoms with Gasteiger partial charge >= 0.3 is 0 Å². The number of nitriles is 1. The molecule has 0 aliphatic heterocycles. The van der Waals surface area contributed by atoms with E-state index in [0.29, 0.717) is 6.54 Å². The van der Waals surface area contributed by atoms with Crippen molar-refractivity contribution in [2.45, 2.75) is 6.54 Å². The molecule has 1 aromatic rings. The minimum atomic E-state index is -0.453. The van der Waals surface area contributed by atoms with Gasteiger partial charge in [0.05, 0.1) is 5.56 Å². The lowest BCUT2D eigenvalue weighted by Crippen LogP contribution is -2.05. The molecule has 0 unspecified atom stereocenters. The maximum Gasteiger partial charge on any atom is 0.141 e. The van der Waals surface area contributed by atoms with Gasteiger partial charge in [-0.25, -0.2) is 4.39 Å². The zero-order valence-electron chi connectivity index (χ0n) is 6.76. The standard InChI is InChI=1S/C9H9FN2/c1-12-6-7-2-3-8(5-11)9(10)4-7/h2-4,12H,6H2,1H3. The molecule has 0 aliphatic rings. The predicted octanol–water partition coefficient (Wildman–Crippen LogP) is 1.42. The van der Waals surface area contributed by atoms with E-state index in [4.69, 9.17) is 5.26 Å². The summed E-state index contributed by atoms with van der Waals surface area (Å²) in [5.41, 5.74) is 0.934. The summed E-state index contributed by atoms with van der Waals surface area (Å²) in [5.74, 6) is -0.453. The Morgan fingerprint density at radius 2 is 2.33 bits per heavy atom. The Kier molecular flexibility index (Phi) is 2.78. The summed E-state index contributed by atoms with van der Waals surface area (Å²) in [4.78, 5) is 0. The lowest BCUT2D eigenvalue weighted by atomic mass is 10.1. The van der Waals surface area contributed by atoms with E-state index >= 15 is 0 Å². The molecule has 1 N–H and O–H groups in total. The number of rotatable bonds is 2. The van der Waals surface area contributed by atoms with Crippen LogP contribution in [0.1, 0.15) is 11.1 Å². The second-order valence-corrected chi connectivity index (χ2v) is 2.46. The van der Waals surface area contributed by atoms with Crippen molar-refractivity contribution in [3.63, 3.8) is 0 Å². The summed E-state index contributed by atoms with van der Waals surface area (Å²) in [5, 5.41) is 11.3. The average Bonchev–Trinajstić information content (AvgIpc) is 2.05. The van der Waals surface area contributed by atoms with Crippen LogP contribution in [0.3, 0.4) is 0 Å². The molecular weight excluding hydrogens is 155 g/mol. The van der Waals surface area contributed by atoms with Gasteiger partial charge in [0.1, 0.15) is 11.9 Å². The molecule has 0 aromatic heterocycles. The number of benzene rings is 1. The first-order valence-corrected chi connectivity index (χ1v) is 3.61. The van der Waals surface area contributed by atoms with E-state index in [1.165, 1.54) is 12.1 Å². The molecule has 0 bridgehead atoms. The van der Waals surface area contributed by atoms with E-state index in [0.717, 1.165) is 5.56 Å². The first kappa shape index (κ1) is 8.69. The average molecular weight is 164 g/mol. The Labute approximate surface area is 70.6 Å². The first-order valence-electron chi connectivity index (χ1n) is 3.61. The quantitative estimate of drug-likeness (QED) is 0.717. The monoisotopic (exact) mass is 164 g/mol. The largest absolute Gasteiger partial charge is 0.316 e. The highest BCUT2D eigenvalue weighted by Crippen LogP contribution is 2.08. The molecule has 1 aromatic carbocycles. The molecule has 0 aliphatic carbocycles. The van der Waals surface area contributed by atoms with Gasteiger partial charge in [0, 0.05) is 6.54 Å².